The second-order valence-electron chi connectivity index (χ2n) is 8.02. The number of aryl methyl sites for hydroxylation is 2. The van der Waals surface area contributed by atoms with Crippen molar-refractivity contribution in [1.29, 1.82) is 0 Å². The predicted octanol–water partition coefficient (Wildman–Crippen LogP) is 5.88. The van der Waals surface area contributed by atoms with Gasteiger partial charge in [0, 0.05) is 41.4 Å². The summed E-state index contributed by atoms with van der Waals surface area (Å²) in [6.07, 6.45) is 6.41. The Kier molecular flexibility index (Phi) is 7.13. The van der Waals surface area contributed by atoms with Crippen LogP contribution in [0.25, 0.3) is 5.69 Å². The van der Waals surface area contributed by atoms with E-state index in [2.05, 4.69) is 16.5 Å². The molecule has 0 N–H and O–H groups in total. The van der Waals surface area contributed by atoms with E-state index in [1.165, 1.54) is 31.5 Å². The van der Waals surface area contributed by atoms with Crippen molar-refractivity contribution in [3.63, 3.8) is 0 Å². The van der Waals surface area contributed by atoms with Gasteiger partial charge in [-0.15, -0.1) is 0 Å². The molecule has 0 saturated heterocycles. The Balaban J connectivity index is 1.47. The summed E-state index contributed by atoms with van der Waals surface area (Å²) in [7, 11) is 2.21. The molecule has 1 aliphatic rings. The van der Waals surface area contributed by atoms with Gasteiger partial charge in [-0.25, -0.2) is 9.37 Å². The third-order valence-electron chi connectivity index (χ3n) is 5.44. The Bertz CT molecular complexity index is 952. The van der Waals surface area contributed by atoms with Crippen molar-refractivity contribution < 1.29 is 4.39 Å². The maximum absolute atomic E-state index is 13.2. The average molecular weight is 444 g/mol. The van der Waals surface area contributed by atoms with Gasteiger partial charge in [0.15, 0.2) is 5.16 Å². The van der Waals surface area contributed by atoms with Gasteiger partial charge in [-0.2, -0.15) is 0 Å². The van der Waals surface area contributed by atoms with Crippen molar-refractivity contribution in [2.45, 2.75) is 30.8 Å². The molecular formula is C24H27ClFN3S. The topological polar surface area (TPSA) is 21.1 Å². The number of rotatable bonds is 10. The Morgan fingerprint density at radius 1 is 1.10 bits per heavy atom. The molecule has 6 heteroatoms. The predicted molar refractivity (Wildman–Crippen MR) is 123 cm³/mol. The van der Waals surface area contributed by atoms with Crippen LogP contribution < -0.4 is 0 Å². The number of hydrogen-bond acceptors (Lipinski definition) is 3. The summed E-state index contributed by atoms with van der Waals surface area (Å²) in [6, 6.07) is 14.6. The smallest absolute Gasteiger partial charge is 0.172 e. The van der Waals surface area contributed by atoms with Crippen molar-refractivity contribution >= 4 is 23.4 Å². The molecule has 4 rings (SSSR count). The first-order valence-electron chi connectivity index (χ1n) is 10.5. The maximum atomic E-state index is 13.2. The normalized spacial score (nSPS) is 13.9. The highest BCUT2D eigenvalue weighted by molar-refractivity contribution is 7.99. The van der Waals surface area contributed by atoms with E-state index in [0.29, 0.717) is 0 Å². The lowest BCUT2D eigenvalue weighted by Gasteiger charge is -2.16. The largest absolute Gasteiger partial charge is 0.305 e. The molecule has 0 amide bonds. The number of thioether (sulfide) groups is 1. The highest BCUT2D eigenvalue weighted by atomic mass is 35.5. The van der Waals surface area contributed by atoms with E-state index in [1.807, 2.05) is 42.6 Å². The minimum Gasteiger partial charge on any atom is -0.305 e. The van der Waals surface area contributed by atoms with Gasteiger partial charge in [0.1, 0.15) is 5.82 Å². The van der Waals surface area contributed by atoms with E-state index in [-0.39, 0.29) is 5.82 Å². The Morgan fingerprint density at radius 2 is 1.83 bits per heavy atom. The van der Waals surface area contributed by atoms with Crippen LogP contribution in [0.3, 0.4) is 0 Å². The van der Waals surface area contributed by atoms with Crippen molar-refractivity contribution in [2.75, 3.05) is 25.9 Å². The molecule has 0 radical (unpaired) electrons. The number of aromatic nitrogens is 2. The fraction of sp³-hybridized carbons (Fsp3) is 0.375. The van der Waals surface area contributed by atoms with E-state index in [9.17, 15) is 4.39 Å². The molecule has 2 aromatic carbocycles. The molecule has 3 nitrogen and oxygen atoms in total. The van der Waals surface area contributed by atoms with Gasteiger partial charge >= 0.3 is 0 Å². The first-order chi connectivity index (χ1) is 14.6. The minimum atomic E-state index is -0.199. The third kappa shape index (κ3) is 5.87. The summed E-state index contributed by atoms with van der Waals surface area (Å²) in [4.78, 5) is 7.15. The van der Waals surface area contributed by atoms with Crippen molar-refractivity contribution in [3.8, 4) is 5.69 Å². The van der Waals surface area contributed by atoms with Gasteiger partial charge in [0.25, 0.3) is 0 Å². The molecule has 1 fully saturated rings. The van der Waals surface area contributed by atoms with Crippen LogP contribution in [0, 0.1) is 11.7 Å². The first-order valence-corrected chi connectivity index (χ1v) is 11.8. The minimum absolute atomic E-state index is 0.199. The van der Waals surface area contributed by atoms with Gasteiger partial charge in [-0.1, -0.05) is 35.5 Å². The molecular weight excluding hydrogens is 417 g/mol. The number of halogens is 2. The van der Waals surface area contributed by atoms with Crippen molar-refractivity contribution in [2.24, 2.45) is 5.92 Å². The molecule has 0 atom stereocenters. The molecule has 0 unspecified atom stereocenters. The zero-order valence-corrected chi connectivity index (χ0v) is 18.8. The monoisotopic (exact) mass is 443 g/mol. The molecule has 1 aliphatic carbocycles. The second kappa shape index (κ2) is 9.99. The standard InChI is InChI=1S/C24H27ClFN3S/c1-28(17-19-2-3-19)14-15-30-24-27-16-23(11-6-18-4-9-21(26)10-5-18)29(24)22-12-7-20(25)8-13-22/h4-5,7-10,12-13,16,19H,2-3,6,11,14-15,17H2,1H3. The van der Waals surface area contributed by atoms with Gasteiger partial charge in [0.2, 0.25) is 0 Å². The molecule has 158 valence electrons. The highest BCUT2D eigenvalue weighted by Gasteiger charge is 2.22. The van der Waals surface area contributed by atoms with E-state index in [0.717, 1.165) is 58.2 Å². The average Bonchev–Trinajstić information content (AvgIpc) is 3.46. The molecule has 1 aromatic heterocycles. The molecule has 30 heavy (non-hydrogen) atoms. The van der Waals surface area contributed by atoms with Crippen molar-refractivity contribution in [3.05, 3.63) is 76.8 Å². The van der Waals surface area contributed by atoms with E-state index < -0.39 is 0 Å². The van der Waals surface area contributed by atoms with Crippen LogP contribution in [-0.2, 0) is 12.8 Å². The number of nitrogens with zero attached hydrogens (tertiary/aromatic N) is 3. The Morgan fingerprint density at radius 3 is 2.53 bits per heavy atom. The van der Waals surface area contributed by atoms with Crippen LogP contribution in [0.4, 0.5) is 4.39 Å². The number of hydrogen-bond donors (Lipinski definition) is 0. The van der Waals surface area contributed by atoms with Crippen LogP contribution in [0.5, 0.6) is 0 Å². The summed E-state index contributed by atoms with van der Waals surface area (Å²) < 4.78 is 15.4. The van der Waals surface area contributed by atoms with Gasteiger partial charge in [-0.3, -0.25) is 4.57 Å². The van der Waals surface area contributed by atoms with E-state index in [1.54, 1.807) is 11.8 Å². The second-order valence-corrected chi connectivity index (χ2v) is 9.52. The first kappa shape index (κ1) is 21.4. The number of benzene rings is 2. The molecule has 0 spiro atoms. The molecule has 0 bridgehead atoms. The quantitative estimate of drug-likeness (QED) is 0.365. The lowest BCUT2D eigenvalue weighted by Crippen LogP contribution is -2.23. The van der Waals surface area contributed by atoms with Gasteiger partial charge in [-0.05, 0) is 80.6 Å². The number of imidazole rings is 1. The maximum Gasteiger partial charge on any atom is 0.172 e. The summed E-state index contributed by atoms with van der Waals surface area (Å²) in [5, 5.41) is 1.73. The Hall–Kier alpha value is -1.82. The van der Waals surface area contributed by atoms with Crippen LogP contribution in [0.2, 0.25) is 5.02 Å². The van der Waals surface area contributed by atoms with Gasteiger partial charge < -0.3 is 4.90 Å². The van der Waals surface area contributed by atoms with Crippen LogP contribution in [0.1, 0.15) is 24.1 Å². The van der Waals surface area contributed by atoms with Crippen LogP contribution >= 0.6 is 23.4 Å². The highest BCUT2D eigenvalue weighted by Crippen LogP contribution is 2.30. The van der Waals surface area contributed by atoms with Crippen molar-refractivity contribution in [1.82, 2.24) is 14.5 Å². The van der Waals surface area contributed by atoms with E-state index in [4.69, 9.17) is 16.6 Å². The van der Waals surface area contributed by atoms with E-state index >= 15 is 0 Å². The van der Waals surface area contributed by atoms with Gasteiger partial charge in [0.05, 0.1) is 0 Å². The summed E-state index contributed by atoms with van der Waals surface area (Å²) in [6.45, 7) is 2.26. The third-order valence-corrected chi connectivity index (χ3v) is 6.63. The zero-order valence-electron chi connectivity index (χ0n) is 17.2. The summed E-state index contributed by atoms with van der Waals surface area (Å²) in [5.41, 5.74) is 3.34. The SMILES string of the molecule is CN(CCSc1ncc(CCc2ccc(F)cc2)n1-c1ccc(Cl)cc1)CC1CC1. The molecule has 0 aliphatic heterocycles. The Labute approximate surface area is 187 Å². The zero-order chi connectivity index (χ0) is 20.9. The molecule has 3 aromatic rings. The lowest BCUT2D eigenvalue weighted by molar-refractivity contribution is 0.340. The molecule has 1 heterocycles. The summed E-state index contributed by atoms with van der Waals surface area (Å²) >= 11 is 7.90. The summed E-state index contributed by atoms with van der Waals surface area (Å²) in [5.74, 6) is 1.72. The molecule has 1 saturated carbocycles. The van der Waals surface area contributed by atoms with Crippen LogP contribution in [-0.4, -0.2) is 40.3 Å². The van der Waals surface area contributed by atoms with Crippen LogP contribution in [0.15, 0.2) is 59.9 Å². The fourth-order valence-corrected chi connectivity index (χ4v) is 4.75. The lowest BCUT2D eigenvalue weighted by atomic mass is 10.1. The fourth-order valence-electron chi connectivity index (χ4n) is 3.56.